The van der Waals surface area contributed by atoms with Crippen LogP contribution in [0.2, 0.25) is 0 Å². The van der Waals surface area contributed by atoms with Crippen molar-refractivity contribution in [2.24, 2.45) is 5.92 Å². The minimum atomic E-state index is 0.123. The summed E-state index contributed by atoms with van der Waals surface area (Å²) in [5, 5.41) is 0. The fraction of sp³-hybridized carbons (Fsp3) is 0.538. The molecular formula is C13H22O. The Morgan fingerprint density at radius 3 is 2.50 bits per heavy atom. The average molecular weight is 194 g/mol. The second kappa shape index (κ2) is 7.57. The lowest BCUT2D eigenvalue weighted by Crippen LogP contribution is -2.03. The topological polar surface area (TPSA) is 9.23 Å². The van der Waals surface area contributed by atoms with E-state index < -0.39 is 0 Å². The summed E-state index contributed by atoms with van der Waals surface area (Å²) in [6.45, 7) is 12.1. The molecule has 0 bridgehead atoms. The van der Waals surface area contributed by atoms with E-state index in [1.807, 2.05) is 6.08 Å². The van der Waals surface area contributed by atoms with Crippen LogP contribution in [0, 0.1) is 5.92 Å². The molecule has 0 aromatic rings. The van der Waals surface area contributed by atoms with Crippen molar-refractivity contribution in [1.82, 2.24) is 0 Å². The molecule has 0 aliphatic rings. The van der Waals surface area contributed by atoms with E-state index >= 15 is 0 Å². The highest BCUT2D eigenvalue weighted by molar-refractivity contribution is 5.15. The first-order valence-corrected chi connectivity index (χ1v) is 5.09. The van der Waals surface area contributed by atoms with Gasteiger partial charge in [0.25, 0.3) is 0 Å². The van der Waals surface area contributed by atoms with Crippen LogP contribution in [0.3, 0.4) is 0 Å². The van der Waals surface area contributed by atoms with Crippen LogP contribution in [0.4, 0.5) is 0 Å². The summed E-state index contributed by atoms with van der Waals surface area (Å²) in [4.78, 5) is 0. The second-order valence-electron chi connectivity index (χ2n) is 3.90. The van der Waals surface area contributed by atoms with Crippen molar-refractivity contribution >= 4 is 0 Å². The first-order chi connectivity index (χ1) is 6.60. The summed E-state index contributed by atoms with van der Waals surface area (Å²) in [6, 6.07) is 0. The van der Waals surface area contributed by atoms with E-state index in [1.165, 1.54) is 5.57 Å². The monoisotopic (exact) mass is 194 g/mol. The van der Waals surface area contributed by atoms with Crippen molar-refractivity contribution in [2.45, 2.75) is 32.8 Å². The molecule has 0 N–H and O–H groups in total. The fourth-order valence-electron chi connectivity index (χ4n) is 1.25. The van der Waals surface area contributed by atoms with Gasteiger partial charge in [-0.05, 0) is 18.8 Å². The van der Waals surface area contributed by atoms with Gasteiger partial charge >= 0.3 is 0 Å². The zero-order valence-corrected chi connectivity index (χ0v) is 9.62. The minimum absolute atomic E-state index is 0.123. The molecule has 14 heavy (non-hydrogen) atoms. The van der Waals surface area contributed by atoms with Crippen LogP contribution in [-0.4, -0.2) is 13.2 Å². The van der Waals surface area contributed by atoms with Crippen molar-refractivity contribution < 1.29 is 4.74 Å². The lowest BCUT2D eigenvalue weighted by Gasteiger charge is -2.07. The van der Waals surface area contributed by atoms with Crippen molar-refractivity contribution in [3.8, 4) is 0 Å². The number of hydrogen-bond acceptors (Lipinski definition) is 1. The van der Waals surface area contributed by atoms with Crippen LogP contribution in [0.1, 0.15) is 26.7 Å². The number of rotatable bonds is 7. The molecule has 0 radical (unpaired) electrons. The Labute approximate surface area is 88.2 Å². The first-order valence-electron chi connectivity index (χ1n) is 5.09. The van der Waals surface area contributed by atoms with Crippen LogP contribution >= 0.6 is 0 Å². The molecule has 1 nitrogen and oxygen atoms in total. The van der Waals surface area contributed by atoms with E-state index in [0.717, 1.165) is 12.8 Å². The number of ether oxygens (including phenoxy) is 1. The number of methoxy groups -OCH3 is 1. The van der Waals surface area contributed by atoms with Gasteiger partial charge in [-0.2, -0.15) is 0 Å². The Bertz CT molecular complexity index is 201. The standard InChI is InChI=1S/C13H22O/c1-6-13(14-5)9-7-8-12(4)10-11(2)3/h6-8,11,13H,1,4,9-10H2,2-3,5H3. The van der Waals surface area contributed by atoms with E-state index in [4.69, 9.17) is 4.74 Å². The maximum absolute atomic E-state index is 5.16. The maximum Gasteiger partial charge on any atom is 0.0783 e. The molecule has 0 aromatic heterocycles. The zero-order valence-electron chi connectivity index (χ0n) is 9.62. The minimum Gasteiger partial charge on any atom is -0.377 e. The Morgan fingerprint density at radius 1 is 1.43 bits per heavy atom. The molecule has 0 saturated carbocycles. The Kier molecular flexibility index (Phi) is 7.13. The van der Waals surface area contributed by atoms with Crippen LogP contribution in [-0.2, 0) is 4.74 Å². The van der Waals surface area contributed by atoms with Crippen LogP contribution in [0.5, 0.6) is 0 Å². The summed E-state index contributed by atoms with van der Waals surface area (Å²) in [6.07, 6.45) is 8.04. The average Bonchev–Trinajstić information content (AvgIpc) is 2.11. The molecule has 1 heteroatoms. The summed E-state index contributed by atoms with van der Waals surface area (Å²) < 4.78 is 5.16. The molecule has 0 heterocycles. The molecule has 1 unspecified atom stereocenters. The maximum atomic E-state index is 5.16. The van der Waals surface area contributed by atoms with E-state index in [1.54, 1.807) is 7.11 Å². The molecular weight excluding hydrogens is 172 g/mol. The van der Waals surface area contributed by atoms with Crippen molar-refractivity contribution in [1.29, 1.82) is 0 Å². The highest BCUT2D eigenvalue weighted by atomic mass is 16.5. The fourth-order valence-corrected chi connectivity index (χ4v) is 1.25. The molecule has 0 saturated heterocycles. The quantitative estimate of drug-likeness (QED) is 0.443. The predicted octanol–water partition coefficient (Wildman–Crippen LogP) is 3.74. The van der Waals surface area contributed by atoms with Gasteiger partial charge in [0.05, 0.1) is 6.10 Å². The zero-order chi connectivity index (χ0) is 11.0. The van der Waals surface area contributed by atoms with Crippen molar-refractivity contribution in [3.05, 3.63) is 37.0 Å². The molecule has 0 fully saturated rings. The molecule has 0 rings (SSSR count). The molecule has 0 aromatic carbocycles. The third kappa shape index (κ3) is 6.67. The molecule has 0 spiro atoms. The molecule has 80 valence electrons. The number of hydrogen-bond donors (Lipinski definition) is 0. The van der Waals surface area contributed by atoms with Gasteiger partial charge < -0.3 is 4.74 Å². The second-order valence-corrected chi connectivity index (χ2v) is 3.90. The third-order valence-electron chi connectivity index (χ3n) is 1.96. The van der Waals surface area contributed by atoms with Crippen molar-refractivity contribution in [2.75, 3.05) is 7.11 Å². The van der Waals surface area contributed by atoms with E-state index in [-0.39, 0.29) is 6.10 Å². The van der Waals surface area contributed by atoms with E-state index in [2.05, 4.69) is 39.2 Å². The van der Waals surface area contributed by atoms with Gasteiger partial charge in [0.15, 0.2) is 0 Å². The van der Waals surface area contributed by atoms with E-state index in [0.29, 0.717) is 5.92 Å². The smallest absolute Gasteiger partial charge is 0.0783 e. The summed E-state index contributed by atoms with van der Waals surface area (Å²) in [7, 11) is 1.70. The summed E-state index contributed by atoms with van der Waals surface area (Å²) >= 11 is 0. The normalized spacial score (nSPS) is 13.4. The summed E-state index contributed by atoms with van der Waals surface area (Å²) in [5.74, 6) is 0.671. The lowest BCUT2D eigenvalue weighted by molar-refractivity contribution is 0.144. The van der Waals surface area contributed by atoms with Gasteiger partial charge in [0.1, 0.15) is 0 Å². The SMILES string of the molecule is C=CC(CC=CC(=C)CC(C)C)OC. The third-order valence-corrected chi connectivity index (χ3v) is 1.96. The van der Waals surface area contributed by atoms with Gasteiger partial charge in [-0.1, -0.05) is 44.2 Å². The Hall–Kier alpha value is -0.820. The van der Waals surface area contributed by atoms with Gasteiger partial charge in [0.2, 0.25) is 0 Å². The van der Waals surface area contributed by atoms with Crippen LogP contribution in [0.25, 0.3) is 0 Å². The molecule has 1 atom stereocenters. The van der Waals surface area contributed by atoms with Gasteiger partial charge in [-0.3, -0.25) is 0 Å². The van der Waals surface area contributed by atoms with E-state index in [9.17, 15) is 0 Å². The molecule has 0 amide bonds. The first kappa shape index (κ1) is 13.2. The van der Waals surface area contributed by atoms with Crippen LogP contribution in [0.15, 0.2) is 37.0 Å². The summed E-state index contributed by atoms with van der Waals surface area (Å²) in [5.41, 5.74) is 1.18. The van der Waals surface area contributed by atoms with Gasteiger partial charge in [0, 0.05) is 7.11 Å². The highest BCUT2D eigenvalue weighted by Crippen LogP contribution is 2.10. The lowest BCUT2D eigenvalue weighted by atomic mass is 10.0. The van der Waals surface area contributed by atoms with Crippen LogP contribution < -0.4 is 0 Å². The number of allylic oxidation sites excluding steroid dienone is 2. The predicted molar refractivity (Wildman–Crippen MR) is 63.3 cm³/mol. The largest absolute Gasteiger partial charge is 0.377 e. The Balaban J connectivity index is 3.81. The highest BCUT2D eigenvalue weighted by Gasteiger charge is 1.98. The van der Waals surface area contributed by atoms with Crippen molar-refractivity contribution in [3.63, 3.8) is 0 Å². The molecule has 0 aliphatic carbocycles. The van der Waals surface area contributed by atoms with Gasteiger partial charge in [-0.15, -0.1) is 6.58 Å². The van der Waals surface area contributed by atoms with Gasteiger partial charge in [-0.25, -0.2) is 0 Å². The Morgan fingerprint density at radius 2 is 2.07 bits per heavy atom. The molecule has 0 aliphatic heterocycles.